The van der Waals surface area contributed by atoms with Gasteiger partial charge in [-0.1, -0.05) is 25.0 Å². The molecule has 4 atom stereocenters. The molecule has 3 fully saturated rings. The summed E-state index contributed by atoms with van der Waals surface area (Å²) < 4.78 is 0. The van der Waals surface area contributed by atoms with Crippen molar-refractivity contribution in [3.05, 3.63) is 29.8 Å². The first kappa shape index (κ1) is 21.0. The zero-order chi connectivity index (χ0) is 20.9. The van der Waals surface area contributed by atoms with Gasteiger partial charge in [0.1, 0.15) is 6.29 Å². The third-order valence-corrected chi connectivity index (χ3v) is 6.25. The van der Waals surface area contributed by atoms with Crippen LogP contribution in [0.3, 0.4) is 0 Å². The first-order valence-electron chi connectivity index (χ1n) is 11.0. The molecule has 1 aromatic carbocycles. The predicted molar refractivity (Wildman–Crippen MR) is 113 cm³/mol. The molecule has 6 N–H and O–H groups in total. The van der Waals surface area contributed by atoms with Crippen molar-refractivity contribution >= 4 is 17.6 Å². The average molecular weight is 417 g/mol. The monoisotopic (exact) mass is 416 g/mol. The topological polar surface area (TPSA) is 118 Å². The summed E-state index contributed by atoms with van der Waals surface area (Å²) in [6, 6.07) is 7.82. The summed E-state index contributed by atoms with van der Waals surface area (Å²) in [5.41, 5.74) is 7.66. The summed E-state index contributed by atoms with van der Waals surface area (Å²) in [6.07, 6.45) is 5.38. The minimum absolute atomic E-state index is 0.0180. The Hall–Kier alpha value is -2.20. The molecule has 164 valence electrons. The third kappa shape index (κ3) is 5.10. The van der Waals surface area contributed by atoms with E-state index in [1.165, 1.54) is 25.7 Å². The fourth-order valence-electron chi connectivity index (χ4n) is 4.61. The number of aryl methyl sites for hydroxylation is 1. The van der Waals surface area contributed by atoms with Gasteiger partial charge in [-0.2, -0.15) is 0 Å². The molecule has 0 saturated carbocycles. The highest BCUT2D eigenvalue weighted by molar-refractivity contribution is 5.81. The molecule has 0 spiro atoms. The van der Waals surface area contributed by atoms with Gasteiger partial charge in [0, 0.05) is 37.8 Å². The van der Waals surface area contributed by atoms with Gasteiger partial charge in [-0.3, -0.25) is 30.5 Å². The van der Waals surface area contributed by atoms with Crippen molar-refractivity contribution in [2.24, 2.45) is 5.92 Å². The number of carboxylic acid groups (broad SMARTS) is 1. The van der Waals surface area contributed by atoms with Crippen LogP contribution in [0.2, 0.25) is 0 Å². The van der Waals surface area contributed by atoms with Crippen molar-refractivity contribution in [3.8, 4) is 0 Å². The first-order valence-corrected chi connectivity index (χ1v) is 11.0. The number of nitrogens with zero attached hydrogens (tertiary/aromatic N) is 1. The van der Waals surface area contributed by atoms with Gasteiger partial charge >= 0.3 is 5.97 Å². The van der Waals surface area contributed by atoms with E-state index in [0.717, 1.165) is 24.3 Å². The number of hydrazine groups is 1. The number of benzene rings is 1. The van der Waals surface area contributed by atoms with E-state index in [4.69, 9.17) is 5.11 Å². The zero-order valence-electron chi connectivity index (χ0n) is 17.2. The zero-order valence-corrected chi connectivity index (χ0v) is 17.2. The number of fused-ring (bicyclic) bond motifs is 1. The number of amides is 1. The largest absolute Gasteiger partial charge is 0.481 e. The van der Waals surface area contributed by atoms with Crippen LogP contribution in [0.4, 0.5) is 5.69 Å². The van der Waals surface area contributed by atoms with E-state index in [0.29, 0.717) is 13.0 Å². The van der Waals surface area contributed by atoms with E-state index in [1.54, 1.807) is 0 Å². The van der Waals surface area contributed by atoms with E-state index in [2.05, 4.69) is 31.7 Å². The highest BCUT2D eigenvalue weighted by atomic mass is 16.4. The second-order valence-electron chi connectivity index (χ2n) is 8.40. The van der Waals surface area contributed by atoms with Gasteiger partial charge in [0.15, 0.2) is 0 Å². The Balaban J connectivity index is 1.46. The molecule has 4 unspecified atom stereocenters. The molecular formula is C21H32N6O3. The lowest BCUT2D eigenvalue weighted by molar-refractivity contribution is -0.137. The van der Waals surface area contributed by atoms with Crippen LogP contribution in [0.25, 0.3) is 0 Å². The number of hydrogen-bond donors (Lipinski definition) is 6. The first-order chi connectivity index (χ1) is 14.6. The minimum atomic E-state index is -0.793. The number of aliphatic carboxylic acids is 1. The smallest absolute Gasteiger partial charge is 0.303 e. The Kier molecular flexibility index (Phi) is 6.83. The molecule has 0 bridgehead atoms. The van der Waals surface area contributed by atoms with Gasteiger partial charge in [-0.25, -0.2) is 5.43 Å². The number of carboxylic acids is 1. The lowest BCUT2D eigenvalue weighted by atomic mass is 9.91. The lowest BCUT2D eigenvalue weighted by Crippen LogP contribution is -2.76. The summed E-state index contributed by atoms with van der Waals surface area (Å²) >= 11 is 0. The van der Waals surface area contributed by atoms with Crippen LogP contribution in [-0.4, -0.2) is 60.0 Å². The van der Waals surface area contributed by atoms with E-state index >= 15 is 0 Å². The maximum absolute atomic E-state index is 12.6. The number of hydrogen-bond acceptors (Lipinski definition) is 7. The molecular weight excluding hydrogens is 384 g/mol. The number of nitrogens with one attached hydrogen (secondary N) is 5. The Morgan fingerprint density at radius 2 is 1.83 bits per heavy atom. The Morgan fingerprint density at radius 3 is 2.53 bits per heavy atom. The van der Waals surface area contributed by atoms with Crippen molar-refractivity contribution in [2.45, 2.75) is 57.0 Å². The molecule has 9 heteroatoms. The molecule has 30 heavy (non-hydrogen) atoms. The average Bonchev–Trinajstić information content (AvgIpc) is 3.03. The highest BCUT2D eigenvalue weighted by Crippen LogP contribution is 2.23. The number of carbonyl (C=O) groups is 2. The summed E-state index contributed by atoms with van der Waals surface area (Å²) in [6.45, 7) is 2.77. The maximum Gasteiger partial charge on any atom is 0.303 e. The molecule has 0 aliphatic carbocycles. The molecule has 0 aromatic heterocycles. The summed E-state index contributed by atoms with van der Waals surface area (Å²) in [5.74, 6) is -1.07. The van der Waals surface area contributed by atoms with Crippen LogP contribution < -0.4 is 26.8 Å². The molecule has 3 aliphatic heterocycles. The van der Waals surface area contributed by atoms with Crippen molar-refractivity contribution < 1.29 is 14.7 Å². The SMILES string of the molecule is O=C(O)CCc1ccc(NC2NC(N3CCCCCC3)NC3CNNC(=O)C32)cc1. The van der Waals surface area contributed by atoms with Crippen LogP contribution in [0, 0.1) is 5.92 Å². The van der Waals surface area contributed by atoms with Crippen LogP contribution in [0.5, 0.6) is 0 Å². The van der Waals surface area contributed by atoms with Gasteiger partial charge in [-0.05, 0) is 37.0 Å². The molecule has 3 saturated heterocycles. The molecule has 3 heterocycles. The summed E-state index contributed by atoms with van der Waals surface area (Å²) in [4.78, 5) is 25.8. The summed E-state index contributed by atoms with van der Waals surface area (Å²) in [5, 5.41) is 19.6. The highest BCUT2D eigenvalue weighted by Gasteiger charge is 2.44. The van der Waals surface area contributed by atoms with Crippen molar-refractivity contribution in [3.63, 3.8) is 0 Å². The van der Waals surface area contributed by atoms with E-state index in [1.807, 2.05) is 24.3 Å². The van der Waals surface area contributed by atoms with Gasteiger partial charge in [0.25, 0.3) is 0 Å². The molecule has 1 amide bonds. The standard InChI is InChI=1S/C21H32N6O3/c28-17(29)10-7-14-5-8-15(9-6-14)23-19-18-16(13-22-26-20(18)30)24-21(25-19)27-11-3-1-2-4-12-27/h5-6,8-9,16,18-19,21-25H,1-4,7,10-13H2,(H,26,30)(H,28,29). The van der Waals surface area contributed by atoms with Crippen molar-refractivity contribution in [1.29, 1.82) is 0 Å². The number of carbonyl (C=O) groups excluding carboxylic acids is 1. The van der Waals surface area contributed by atoms with E-state index in [9.17, 15) is 9.59 Å². The van der Waals surface area contributed by atoms with E-state index in [-0.39, 0.29) is 36.7 Å². The fraction of sp³-hybridized carbons (Fsp3) is 0.619. The van der Waals surface area contributed by atoms with Gasteiger partial charge in [-0.15, -0.1) is 0 Å². The van der Waals surface area contributed by atoms with Crippen LogP contribution in [0.1, 0.15) is 37.7 Å². The number of rotatable bonds is 6. The number of likely N-dealkylation sites (tertiary alicyclic amines) is 1. The van der Waals surface area contributed by atoms with Crippen LogP contribution in [-0.2, 0) is 16.0 Å². The predicted octanol–water partition coefficient (Wildman–Crippen LogP) is 0.413. The minimum Gasteiger partial charge on any atom is -0.481 e. The van der Waals surface area contributed by atoms with Gasteiger partial charge in [0.05, 0.1) is 12.1 Å². The van der Waals surface area contributed by atoms with Gasteiger partial charge < -0.3 is 10.4 Å². The third-order valence-electron chi connectivity index (χ3n) is 6.25. The molecule has 4 rings (SSSR count). The molecule has 1 aromatic rings. The second-order valence-corrected chi connectivity index (χ2v) is 8.40. The summed E-state index contributed by atoms with van der Waals surface area (Å²) in [7, 11) is 0. The van der Waals surface area contributed by atoms with Crippen LogP contribution in [0.15, 0.2) is 24.3 Å². The van der Waals surface area contributed by atoms with Gasteiger partial charge in [0.2, 0.25) is 5.91 Å². The Labute approximate surface area is 176 Å². The number of anilines is 1. The normalized spacial score (nSPS) is 30.1. The Bertz CT molecular complexity index is 735. The fourth-order valence-corrected chi connectivity index (χ4v) is 4.61. The molecule has 9 nitrogen and oxygen atoms in total. The Morgan fingerprint density at radius 1 is 1.10 bits per heavy atom. The molecule has 3 aliphatic rings. The lowest BCUT2D eigenvalue weighted by Gasteiger charge is -2.48. The van der Waals surface area contributed by atoms with Crippen molar-refractivity contribution in [1.82, 2.24) is 26.4 Å². The van der Waals surface area contributed by atoms with Crippen molar-refractivity contribution in [2.75, 3.05) is 25.0 Å². The second kappa shape index (κ2) is 9.74. The maximum atomic E-state index is 12.6. The van der Waals surface area contributed by atoms with Crippen LogP contribution >= 0.6 is 0 Å². The van der Waals surface area contributed by atoms with E-state index < -0.39 is 5.97 Å². The quantitative estimate of drug-likeness (QED) is 0.395. The molecule has 0 radical (unpaired) electrons.